The van der Waals surface area contributed by atoms with Gasteiger partial charge in [-0.15, -0.1) is 24.0 Å². The average Bonchev–Trinajstić information content (AvgIpc) is 2.77. The standard InChI is InChI=1S/C18H26N4.HI/c19-18(22-12-5-1-2-6-13-22)20-11-7-14-21-15-10-16-8-3-4-9-17(16)21;/h3-4,8-10,15H,1-2,5-7,11-14H2,(H2,19,20);1H. The Hall–Kier alpha value is -1.24. The van der Waals surface area contributed by atoms with E-state index in [1.54, 1.807) is 0 Å². The Balaban J connectivity index is 0.00000192. The number of guanidine groups is 1. The van der Waals surface area contributed by atoms with Crippen LogP contribution in [0.2, 0.25) is 0 Å². The predicted octanol–water partition coefficient (Wildman–Crippen LogP) is 3.84. The van der Waals surface area contributed by atoms with Crippen molar-refractivity contribution in [1.82, 2.24) is 9.47 Å². The summed E-state index contributed by atoms with van der Waals surface area (Å²) in [6, 6.07) is 10.7. The molecule has 1 aliphatic heterocycles. The van der Waals surface area contributed by atoms with Crippen LogP contribution in [0.15, 0.2) is 41.5 Å². The summed E-state index contributed by atoms with van der Waals surface area (Å²) in [5.41, 5.74) is 7.44. The van der Waals surface area contributed by atoms with Crippen LogP contribution in [0, 0.1) is 0 Å². The van der Waals surface area contributed by atoms with Gasteiger partial charge in [0, 0.05) is 37.9 Å². The van der Waals surface area contributed by atoms with Gasteiger partial charge in [0.2, 0.25) is 0 Å². The van der Waals surface area contributed by atoms with Crippen molar-refractivity contribution in [3.63, 3.8) is 0 Å². The fourth-order valence-corrected chi connectivity index (χ4v) is 3.17. The predicted molar refractivity (Wildman–Crippen MR) is 109 cm³/mol. The highest BCUT2D eigenvalue weighted by atomic mass is 127. The summed E-state index contributed by atoms with van der Waals surface area (Å²) in [4.78, 5) is 6.82. The van der Waals surface area contributed by atoms with Gasteiger partial charge in [-0.05, 0) is 36.8 Å². The topological polar surface area (TPSA) is 46.5 Å². The first kappa shape index (κ1) is 18.1. The minimum atomic E-state index is 0. The van der Waals surface area contributed by atoms with Gasteiger partial charge in [-0.2, -0.15) is 0 Å². The van der Waals surface area contributed by atoms with Crippen molar-refractivity contribution in [2.75, 3.05) is 19.6 Å². The second kappa shape index (κ2) is 9.15. The number of benzene rings is 1. The summed E-state index contributed by atoms with van der Waals surface area (Å²) in [5.74, 6) is 0.735. The zero-order chi connectivity index (χ0) is 15.2. The lowest BCUT2D eigenvalue weighted by Crippen LogP contribution is -2.38. The third-order valence-electron chi connectivity index (χ3n) is 4.44. The van der Waals surface area contributed by atoms with Gasteiger partial charge in [0.1, 0.15) is 0 Å². The maximum Gasteiger partial charge on any atom is 0.191 e. The quantitative estimate of drug-likeness (QED) is 0.350. The molecular formula is C18H27IN4. The molecule has 4 nitrogen and oxygen atoms in total. The summed E-state index contributed by atoms with van der Waals surface area (Å²) in [6.45, 7) is 3.92. The lowest BCUT2D eigenvalue weighted by molar-refractivity contribution is 0.428. The number of aryl methyl sites for hydroxylation is 1. The van der Waals surface area contributed by atoms with Crippen molar-refractivity contribution in [1.29, 1.82) is 0 Å². The number of rotatable bonds is 4. The Morgan fingerprint density at radius 2 is 1.78 bits per heavy atom. The van der Waals surface area contributed by atoms with E-state index in [2.05, 4.69) is 51.0 Å². The maximum atomic E-state index is 6.14. The molecule has 0 radical (unpaired) electrons. The van der Waals surface area contributed by atoms with Crippen molar-refractivity contribution in [3.8, 4) is 0 Å². The molecule has 1 aromatic carbocycles. The van der Waals surface area contributed by atoms with Crippen LogP contribution in [0.1, 0.15) is 32.1 Å². The largest absolute Gasteiger partial charge is 0.370 e. The van der Waals surface area contributed by atoms with Crippen LogP contribution in [-0.4, -0.2) is 35.1 Å². The van der Waals surface area contributed by atoms with Gasteiger partial charge in [-0.1, -0.05) is 31.0 Å². The molecule has 0 unspecified atom stereocenters. The van der Waals surface area contributed by atoms with Crippen molar-refractivity contribution in [3.05, 3.63) is 36.5 Å². The molecule has 5 heteroatoms. The molecule has 1 saturated heterocycles. The number of para-hydroxylation sites is 1. The lowest BCUT2D eigenvalue weighted by Gasteiger charge is -2.21. The maximum absolute atomic E-state index is 6.14. The Bertz CT molecular complexity index is 627. The molecule has 0 spiro atoms. The van der Waals surface area contributed by atoms with E-state index in [-0.39, 0.29) is 24.0 Å². The fraction of sp³-hybridized carbons (Fsp3) is 0.500. The number of hydrogen-bond acceptors (Lipinski definition) is 1. The van der Waals surface area contributed by atoms with Crippen molar-refractivity contribution in [2.45, 2.75) is 38.6 Å². The number of fused-ring (bicyclic) bond motifs is 1. The molecule has 3 rings (SSSR count). The Morgan fingerprint density at radius 1 is 1.04 bits per heavy atom. The van der Waals surface area contributed by atoms with Crippen LogP contribution in [0.25, 0.3) is 10.9 Å². The van der Waals surface area contributed by atoms with E-state index in [4.69, 9.17) is 5.73 Å². The van der Waals surface area contributed by atoms with Crippen LogP contribution < -0.4 is 5.73 Å². The number of likely N-dealkylation sites (tertiary alicyclic amines) is 1. The molecule has 0 aliphatic carbocycles. The van der Waals surface area contributed by atoms with Gasteiger partial charge in [0.05, 0.1) is 0 Å². The number of nitrogens with zero attached hydrogens (tertiary/aromatic N) is 3. The number of aliphatic imine (C=N–C) groups is 1. The second-order valence-electron chi connectivity index (χ2n) is 6.06. The molecule has 0 saturated carbocycles. The van der Waals surface area contributed by atoms with E-state index in [9.17, 15) is 0 Å². The minimum absolute atomic E-state index is 0. The van der Waals surface area contributed by atoms with Crippen LogP contribution in [0.5, 0.6) is 0 Å². The van der Waals surface area contributed by atoms with Gasteiger partial charge in [0.15, 0.2) is 5.96 Å². The third-order valence-corrected chi connectivity index (χ3v) is 4.44. The zero-order valence-electron chi connectivity index (χ0n) is 13.7. The summed E-state index contributed by atoms with van der Waals surface area (Å²) >= 11 is 0. The molecule has 0 atom stereocenters. The Morgan fingerprint density at radius 3 is 2.57 bits per heavy atom. The van der Waals surface area contributed by atoms with E-state index < -0.39 is 0 Å². The molecule has 2 N–H and O–H groups in total. The molecular weight excluding hydrogens is 399 g/mol. The first-order valence-electron chi connectivity index (χ1n) is 8.43. The SMILES string of the molecule is I.NC(=NCCCn1ccc2ccccc21)N1CCCCCC1. The summed E-state index contributed by atoms with van der Waals surface area (Å²) in [7, 11) is 0. The molecule has 23 heavy (non-hydrogen) atoms. The average molecular weight is 426 g/mol. The van der Waals surface area contributed by atoms with Crippen LogP contribution in [0.3, 0.4) is 0 Å². The molecule has 1 aromatic heterocycles. The van der Waals surface area contributed by atoms with Gasteiger partial charge in [-0.3, -0.25) is 4.99 Å². The molecule has 0 amide bonds. The lowest BCUT2D eigenvalue weighted by atomic mass is 10.2. The number of halogens is 1. The monoisotopic (exact) mass is 426 g/mol. The molecule has 1 fully saturated rings. The first-order chi connectivity index (χ1) is 10.8. The highest BCUT2D eigenvalue weighted by Crippen LogP contribution is 2.15. The molecule has 2 aromatic rings. The fourth-order valence-electron chi connectivity index (χ4n) is 3.17. The van der Waals surface area contributed by atoms with Crippen LogP contribution >= 0.6 is 24.0 Å². The summed E-state index contributed by atoms with van der Waals surface area (Å²) < 4.78 is 2.30. The third kappa shape index (κ3) is 4.86. The molecule has 0 bridgehead atoms. The highest BCUT2D eigenvalue weighted by Gasteiger charge is 2.10. The van der Waals surface area contributed by atoms with Crippen molar-refractivity contribution < 1.29 is 0 Å². The Labute approximate surface area is 155 Å². The van der Waals surface area contributed by atoms with E-state index in [1.807, 2.05) is 0 Å². The van der Waals surface area contributed by atoms with Gasteiger partial charge in [-0.25, -0.2) is 0 Å². The number of hydrogen-bond donors (Lipinski definition) is 1. The van der Waals surface area contributed by atoms with Gasteiger partial charge in [0.25, 0.3) is 0 Å². The molecule has 1 aliphatic rings. The molecule has 126 valence electrons. The summed E-state index contributed by atoms with van der Waals surface area (Å²) in [6.07, 6.45) is 8.31. The van der Waals surface area contributed by atoms with Crippen LogP contribution in [-0.2, 0) is 6.54 Å². The van der Waals surface area contributed by atoms with E-state index in [0.717, 1.165) is 38.6 Å². The second-order valence-corrected chi connectivity index (χ2v) is 6.06. The first-order valence-corrected chi connectivity index (χ1v) is 8.43. The van der Waals surface area contributed by atoms with E-state index in [0.29, 0.717) is 0 Å². The normalized spacial score (nSPS) is 16.2. The minimum Gasteiger partial charge on any atom is -0.370 e. The molecule has 2 heterocycles. The Kier molecular flexibility index (Phi) is 7.20. The van der Waals surface area contributed by atoms with Crippen molar-refractivity contribution in [2.24, 2.45) is 10.7 Å². The summed E-state index contributed by atoms with van der Waals surface area (Å²) in [5, 5.41) is 1.30. The van der Waals surface area contributed by atoms with Crippen LogP contribution in [0.4, 0.5) is 0 Å². The van der Waals surface area contributed by atoms with E-state index >= 15 is 0 Å². The smallest absolute Gasteiger partial charge is 0.191 e. The number of aromatic nitrogens is 1. The zero-order valence-corrected chi connectivity index (χ0v) is 16.0. The van der Waals surface area contributed by atoms with Gasteiger partial charge < -0.3 is 15.2 Å². The highest BCUT2D eigenvalue weighted by molar-refractivity contribution is 14.0. The van der Waals surface area contributed by atoms with Gasteiger partial charge >= 0.3 is 0 Å². The number of nitrogens with two attached hydrogens (primary N) is 1. The van der Waals surface area contributed by atoms with Crippen molar-refractivity contribution >= 4 is 40.8 Å². The van der Waals surface area contributed by atoms with E-state index in [1.165, 1.54) is 36.6 Å².